The Balaban J connectivity index is 1.92. The number of nitrogens with one attached hydrogen (secondary N) is 2. The fourth-order valence-electron chi connectivity index (χ4n) is 2.94. The molecule has 0 unspecified atom stereocenters. The standard InChI is InChI=1S/C21H16FN5OS/c1-3-17-12(2)29-21(18(17)10-24)26-20(28)14(9-23)8-15-11-25-27-19(15)13-4-6-16(22)7-5-13/h4-8,11H,3H2,1-2H3,(H,25,27)(H,26,28)/b14-8+. The number of anilines is 1. The van der Waals surface area contributed by atoms with E-state index in [-0.39, 0.29) is 11.4 Å². The molecule has 0 atom stereocenters. The van der Waals surface area contributed by atoms with Crippen molar-refractivity contribution in [1.82, 2.24) is 10.2 Å². The number of hydrogen-bond acceptors (Lipinski definition) is 5. The molecule has 0 bridgehead atoms. The first-order valence-electron chi connectivity index (χ1n) is 8.73. The van der Waals surface area contributed by atoms with Crippen molar-refractivity contribution in [3.8, 4) is 23.4 Å². The SMILES string of the molecule is CCc1c(C)sc(NC(=O)/C(C#N)=C/c2cn[nH]c2-c2ccc(F)cc2)c1C#N. The highest BCUT2D eigenvalue weighted by atomic mass is 32.1. The molecule has 2 N–H and O–H groups in total. The molecule has 2 aromatic heterocycles. The zero-order chi connectivity index (χ0) is 21.0. The Bertz CT molecular complexity index is 1180. The molecule has 144 valence electrons. The summed E-state index contributed by atoms with van der Waals surface area (Å²) in [6.45, 7) is 3.83. The van der Waals surface area contributed by atoms with Crippen LogP contribution in [-0.2, 0) is 11.2 Å². The quantitative estimate of drug-likeness (QED) is 0.479. The summed E-state index contributed by atoms with van der Waals surface area (Å²) >= 11 is 1.31. The Hall–Kier alpha value is -3.75. The number of thiophene rings is 1. The number of benzene rings is 1. The number of halogens is 1. The van der Waals surface area contributed by atoms with E-state index in [0.717, 1.165) is 10.4 Å². The number of nitrogens with zero attached hydrogens (tertiary/aromatic N) is 3. The number of carbonyl (C=O) groups excluding carboxylic acids is 1. The number of amides is 1. The van der Waals surface area contributed by atoms with Crippen LogP contribution in [0.25, 0.3) is 17.3 Å². The number of carbonyl (C=O) groups is 1. The Labute approximate surface area is 170 Å². The van der Waals surface area contributed by atoms with Crippen LogP contribution >= 0.6 is 11.3 Å². The molecule has 1 aromatic carbocycles. The lowest BCUT2D eigenvalue weighted by molar-refractivity contribution is -0.112. The summed E-state index contributed by atoms with van der Waals surface area (Å²) in [6, 6.07) is 9.80. The molecular weight excluding hydrogens is 389 g/mol. The molecule has 0 saturated carbocycles. The fraction of sp³-hybridized carbons (Fsp3) is 0.143. The molecule has 0 spiro atoms. The molecule has 8 heteroatoms. The van der Waals surface area contributed by atoms with E-state index in [4.69, 9.17) is 0 Å². The Morgan fingerprint density at radius 1 is 1.34 bits per heavy atom. The van der Waals surface area contributed by atoms with Crippen LogP contribution in [0.2, 0.25) is 0 Å². The van der Waals surface area contributed by atoms with Crippen molar-refractivity contribution in [3.05, 3.63) is 63.4 Å². The van der Waals surface area contributed by atoms with Gasteiger partial charge in [0.05, 0.1) is 17.5 Å². The minimum atomic E-state index is -0.612. The number of rotatable bonds is 5. The molecule has 3 aromatic rings. The van der Waals surface area contributed by atoms with Crippen molar-refractivity contribution in [2.45, 2.75) is 20.3 Å². The third-order valence-electron chi connectivity index (χ3n) is 4.37. The van der Waals surface area contributed by atoms with Crippen molar-refractivity contribution < 1.29 is 9.18 Å². The van der Waals surface area contributed by atoms with Crippen LogP contribution in [0.5, 0.6) is 0 Å². The minimum absolute atomic E-state index is 0.136. The van der Waals surface area contributed by atoms with Crippen molar-refractivity contribution in [3.63, 3.8) is 0 Å². The highest BCUT2D eigenvalue weighted by Crippen LogP contribution is 2.33. The zero-order valence-electron chi connectivity index (χ0n) is 15.7. The van der Waals surface area contributed by atoms with Crippen molar-refractivity contribution in [1.29, 1.82) is 10.5 Å². The lowest BCUT2D eigenvalue weighted by Crippen LogP contribution is -2.13. The van der Waals surface area contributed by atoms with Gasteiger partial charge in [0.15, 0.2) is 0 Å². The maximum atomic E-state index is 13.2. The van der Waals surface area contributed by atoms with Gasteiger partial charge < -0.3 is 5.32 Å². The number of nitriles is 2. The maximum Gasteiger partial charge on any atom is 0.266 e. The minimum Gasteiger partial charge on any atom is -0.312 e. The summed E-state index contributed by atoms with van der Waals surface area (Å²) < 4.78 is 13.2. The molecule has 0 aliphatic rings. The average molecular weight is 405 g/mol. The van der Waals surface area contributed by atoms with Gasteiger partial charge in [-0.3, -0.25) is 9.89 Å². The van der Waals surface area contributed by atoms with Crippen molar-refractivity contribution in [2.75, 3.05) is 5.32 Å². The van der Waals surface area contributed by atoms with Crippen LogP contribution < -0.4 is 5.32 Å². The van der Waals surface area contributed by atoms with Crippen LogP contribution in [0.4, 0.5) is 9.39 Å². The van der Waals surface area contributed by atoms with E-state index in [0.29, 0.717) is 33.8 Å². The molecule has 6 nitrogen and oxygen atoms in total. The van der Waals surface area contributed by atoms with Gasteiger partial charge in [0.2, 0.25) is 0 Å². The van der Waals surface area contributed by atoms with Gasteiger partial charge >= 0.3 is 0 Å². The van der Waals surface area contributed by atoms with E-state index in [1.807, 2.05) is 19.9 Å². The second kappa shape index (κ2) is 8.51. The van der Waals surface area contributed by atoms with Gasteiger partial charge in [0.25, 0.3) is 5.91 Å². The molecular formula is C21H16FN5OS. The number of hydrogen-bond donors (Lipinski definition) is 2. The second-order valence-corrected chi connectivity index (χ2v) is 7.36. The normalized spacial score (nSPS) is 11.0. The van der Waals surface area contributed by atoms with Gasteiger partial charge in [-0.05, 0) is 49.2 Å². The summed E-state index contributed by atoms with van der Waals surface area (Å²) in [5.74, 6) is -0.979. The fourth-order valence-corrected chi connectivity index (χ4v) is 4.03. The van der Waals surface area contributed by atoms with Gasteiger partial charge in [-0.2, -0.15) is 15.6 Å². The highest BCUT2D eigenvalue weighted by molar-refractivity contribution is 7.16. The van der Waals surface area contributed by atoms with E-state index in [1.54, 1.807) is 12.1 Å². The van der Waals surface area contributed by atoms with Crippen molar-refractivity contribution >= 4 is 28.3 Å². The van der Waals surface area contributed by atoms with E-state index in [1.165, 1.54) is 35.7 Å². The number of aromatic nitrogens is 2. The molecule has 0 saturated heterocycles. The molecule has 0 aliphatic heterocycles. The summed E-state index contributed by atoms with van der Waals surface area (Å²) in [7, 11) is 0. The maximum absolute atomic E-state index is 13.2. The first kappa shape index (κ1) is 20.0. The van der Waals surface area contributed by atoms with E-state index >= 15 is 0 Å². The molecule has 0 fully saturated rings. The molecule has 3 rings (SSSR count). The Morgan fingerprint density at radius 2 is 2.07 bits per heavy atom. The van der Waals surface area contributed by atoms with E-state index in [2.05, 4.69) is 21.6 Å². The van der Waals surface area contributed by atoms with Crippen LogP contribution in [0, 0.1) is 35.4 Å². The lowest BCUT2D eigenvalue weighted by Gasteiger charge is -2.04. The number of H-pyrrole nitrogens is 1. The zero-order valence-corrected chi connectivity index (χ0v) is 16.5. The third-order valence-corrected chi connectivity index (χ3v) is 5.43. The topological polar surface area (TPSA) is 105 Å². The van der Waals surface area contributed by atoms with Gasteiger partial charge in [0.1, 0.15) is 28.5 Å². The van der Waals surface area contributed by atoms with Gasteiger partial charge in [-0.1, -0.05) is 6.92 Å². The Morgan fingerprint density at radius 3 is 2.69 bits per heavy atom. The van der Waals surface area contributed by atoms with Gasteiger partial charge in [0, 0.05) is 16.0 Å². The predicted octanol–water partition coefficient (Wildman–Crippen LogP) is 4.57. The van der Waals surface area contributed by atoms with Gasteiger partial charge in [-0.15, -0.1) is 11.3 Å². The molecule has 29 heavy (non-hydrogen) atoms. The van der Waals surface area contributed by atoms with E-state index < -0.39 is 5.91 Å². The third kappa shape index (κ3) is 4.08. The predicted molar refractivity (Wildman–Crippen MR) is 109 cm³/mol. The molecule has 0 aliphatic carbocycles. The largest absolute Gasteiger partial charge is 0.312 e. The monoisotopic (exact) mass is 405 g/mol. The Kier molecular flexibility index (Phi) is 5.87. The number of aryl methyl sites for hydroxylation is 1. The first-order valence-corrected chi connectivity index (χ1v) is 9.54. The summed E-state index contributed by atoms with van der Waals surface area (Å²) in [5.41, 5.74) is 2.92. The molecule has 2 heterocycles. The molecule has 0 radical (unpaired) electrons. The average Bonchev–Trinajstić information content (AvgIpc) is 3.29. The van der Waals surface area contributed by atoms with E-state index in [9.17, 15) is 19.7 Å². The van der Waals surface area contributed by atoms with Crippen LogP contribution in [0.15, 0.2) is 36.0 Å². The molecule has 1 amide bonds. The van der Waals surface area contributed by atoms with Gasteiger partial charge in [-0.25, -0.2) is 4.39 Å². The summed E-state index contributed by atoms with van der Waals surface area (Å²) in [6.07, 6.45) is 3.57. The second-order valence-electron chi connectivity index (χ2n) is 6.14. The summed E-state index contributed by atoms with van der Waals surface area (Å²) in [4.78, 5) is 13.6. The van der Waals surface area contributed by atoms with Crippen LogP contribution in [-0.4, -0.2) is 16.1 Å². The summed E-state index contributed by atoms with van der Waals surface area (Å²) in [5, 5.41) is 28.8. The van der Waals surface area contributed by atoms with Crippen LogP contribution in [0.3, 0.4) is 0 Å². The smallest absolute Gasteiger partial charge is 0.266 e. The number of aromatic amines is 1. The highest BCUT2D eigenvalue weighted by Gasteiger charge is 2.19. The lowest BCUT2D eigenvalue weighted by atomic mass is 10.1. The first-order chi connectivity index (χ1) is 14.0. The van der Waals surface area contributed by atoms with Crippen molar-refractivity contribution in [2.24, 2.45) is 0 Å². The van der Waals surface area contributed by atoms with Crippen LogP contribution in [0.1, 0.15) is 28.5 Å².